The van der Waals surface area contributed by atoms with Crippen LogP contribution in [0.4, 0.5) is 0 Å². The molecular weight excluding hydrogens is 318 g/mol. The van der Waals surface area contributed by atoms with Gasteiger partial charge in [0.15, 0.2) is 11.0 Å². The van der Waals surface area contributed by atoms with E-state index >= 15 is 0 Å². The number of hydrogen-bond acceptors (Lipinski definition) is 4. The molecule has 0 aliphatic heterocycles. The first-order valence-electron chi connectivity index (χ1n) is 7.39. The molecule has 1 amide bonds. The molecule has 0 N–H and O–H groups in total. The second kappa shape index (κ2) is 6.54. The number of furan rings is 1. The zero-order valence-corrected chi connectivity index (χ0v) is 13.8. The third-order valence-corrected chi connectivity index (χ3v) is 4.07. The van der Waals surface area contributed by atoms with Crippen LogP contribution < -0.4 is 9.47 Å². The van der Waals surface area contributed by atoms with Crippen LogP contribution in [-0.4, -0.2) is 31.1 Å². The SMILES string of the molecule is COc1ccc(CN(C(=O)c2ccc(Cl)o2)C2CC2)c(OC)c1. The largest absolute Gasteiger partial charge is 0.497 e. The lowest BCUT2D eigenvalue weighted by Gasteiger charge is -2.22. The van der Waals surface area contributed by atoms with Crippen LogP contribution in [0.2, 0.25) is 5.22 Å². The highest BCUT2D eigenvalue weighted by Crippen LogP contribution is 2.33. The Morgan fingerprint density at radius 3 is 2.61 bits per heavy atom. The van der Waals surface area contributed by atoms with E-state index in [-0.39, 0.29) is 22.9 Å². The Morgan fingerprint density at radius 2 is 2.04 bits per heavy atom. The fraction of sp³-hybridized carbons (Fsp3) is 0.353. The van der Waals surface area contributed by atoms with E-state index in [2.05, 4.69) is 0 Å². The molecule has 0 saturated heterocycles. The zero-order valence-electron chi connectivity index (χ0n) is 13.0. The average molecular weight is 336 g/mol. The molecule has 6 heteroatoms. The Morgan fingerprint density at radius 1 is 1.26 bits per heavy atom. The van der Waals surface area contributed by atoms with Gasteiger partial charge in [-0.25, -0.2) is 0 Å². The quantitative estimate of drug-likeness (QED) is 0.806. The second-order valence-corrected chi connectivity index (χ2v) is 5.82. The smallest absolute Gasteiger partial charge is 0.290 e. The number of rotatable bonds is 6. The van der Waals surface area contributed by atoms with Crippen LogP contribution in [-0.2, 0) is 6.54 Å². The van der Waals surface area contributed by atoms with Crippen molar-refractivity contribution in [1.29, 1.82) is 0 Å². The fourth-order valence-corrected chi connectivity index (χ4v) is 2.64. The first-order valence-corrected chi connectivity index (χ1v) is 7.77. The number of benzene rings is 1. The zero-order chi connectivity index (χ0) is 16.4. The number of carbonyl (C=O) groups excluding carboxylic acids is 1. The van der Waals surface area contributed by atoms with Gasteiger partial charge >= 0.3 is 0 Å². The van der Waals surface area contributed by atoms with E-state index in [0.29, 0.717) is 18.0 Å². The van der Waals surface area contributed by atoms with Gasteiger partial charge in [0.2, 0.25) is 0 Å². The summed E-state index contributed by atoms with van der Waals surface area (Å²) in [6, 6.07) is 9.00. The standard InChI is InChI=1S/C17H18ClNO4/c1-21-13-6-3-11(15(9-13)22-2)10-19(12-4-5-12)17(20)14-7-8-16(18)23-14/h3,6-9,12H,4-5,10H2,1-2H3. The summed E-state index contributed by atoms with van der Waals surface area (Å²) in [5.74, 6) is 1.51. The normalized spacial score (nSPS) is 13.7. The van der Waals surface area contributed by atoms with Crippen LogP contribution in [0.25, 0.3) is 0 Å². The summed E-state index contributed by atoms with van der Waals surface area (Å²) in [5, 5.41) is 0.214. The predicted octanol–water partition coefficient (Wildman–Crippen LogP) is 3.76. The van der Waals surface area contributed by atoms with Gasteiger partial charge in [-0.15, -0.1) is 0 Å². The number of ether oxygens (including phenoxy) is 2. The Hall–Kier alpha value is -2.14. The van der Waals surface area contributed by atoms with E-state index in [1.807, 2.05) is 18.2 Å². The van der Waals surface area contributed by atoms with Crippen molar-refractivity contribution in [3.8, 4) is 11.5 Å². The van der Waals surface area contributed by atoms with E-state index < -0.39 is 0 Å². The van der Waals surface area contributed by atoms with Crippen molar-refractivity contribution in [3.63, 3.8) is 0 Å². The van der Waals surface area contributed by atoms with Gasteiger partial charge in [-0.3, -0.25) is 4.79 Å². The van der Waals surface area contributed by atoms with E-state index in [4.69, 9.17) is 25.5 Å². The molecule has 1 aliphatic rings. The molecule has 1 aliphatic carbocycles. The highest BCUT2D eigenvalue weighted by Gasteiger charge is 2.34. The van der Waals surface area contributed by atoms with Crippen LogP contribution in [0.15, 0.2) is 34.7 Å². The molecule has 122 valence electrons. The van der Waals surface area contributed by atoms with Crippen molar-refractivity contribution < 1.29 is 18.7 Å². The number of carbonyl (C=O) groups is 1. The van der Waals surface area contributed by atoms with Gasteiger partial charge in [-0.2, -0.15) is 0 Å². The molecular formula is C17H18ClNO4. The highest BCUT2D eigenvalue weighted by atomic mass is 35.5. The first kappa shape index (κ1) is 15.7. The molecule has 0 atom stereocenters. The van der Waals surface area contributed by atoms with Crippen LogP contribution in [0.1, 0.15) is 29.0 Å². The molecule has 1 saturated carbocycles. The molecule has 3 rings (SSSR count). The van der Waals surface area contributed by atoms with Crippen LogP contribution >= 0.6 is 11.6 Å². The van der Waals surface area contributed by atoms with E-state index in [1.165, 1.54) is 0 Å². The third-order valence-electron chi connectivity index (χ3n) is 3.87. The van der Waals surface area contributed by atoms with E-state index in [1.54, 1.807) is 31.3 Å². The van der Waals surface area contributed by atoms with Gasteiger partial charge in [-0.05, 0) is 48.7 Å². The summed E-state index contributed by atoms with van der Waals surface area (Å²) in [4.78, 5) is 14.5. The van der Waals surface area contributed by atoms with Gasteiger partial charge in [0, 0.05) is 17.7 Å². The molecule has 1 aromatic carbocycles. The van der Waals surface area contributed by atoms with Crippen molar-refractivity contribution in [2.45, 2.75) is 25.4 Å². The van der Waals surface area contributed by atoms with Crippen LogP contribution in [0.3, 0.4) is 0 Å². The Labute approximate surface area is 139 Å². The summed E-state index contributed by atoms with van der Waals surface area (Å²) < 4.78 is 15.9. The molecule has 0 unspecified atom stereocenters. The van der Waals surface area contributed by atoms with Crippen LogP contribution in [0.5, 0.6) is 11.5 Å². The summed E-state index contributed by atoms with van der Waals surface area (Å²) in [6.07, 6.45) is 2.00. The summed E-state index contributed by atoms with van der Waals surface area (Å²) in [6.45, 7) is 0.453. The topological polar surface area (TPSA) is 51.9 Å². The summed E-state index contributed by atoms with van der Waals surface area (Å²) in [7, 11) is 3.21. The molecule has 1 fully saturated rings. The molecule has 1 heterocycles. The first-order chi connectivity index (χ1) is 11.1. The van der Waals surface area contributed by atoms with Crippen molar-refractivity contribution in [1.82, 2.24) is 4.90 Å². The van der Waals surface area contributed by atoms with E-state index in [9.17, 15) is 4.79 Å². The number of hydrogen-bond donors (Lipinski definition) is 0. The average Bonchev–Trinajstić information content (AvgIpc) is 3.32. The Kier molecular flexibility index (Phi) is 4.48. The molecule has 5 nitrogen and oxygen atoms in total. The summed E-state index contributed by atoms with van der Waals surface area (Å²) in [5.41, 5.74) is 0.922. The van der Waals surface area contributed by atoms with Gasteiger partial charge < -0.3 is 18.8 Å². The van der Waals surface area contributed by atoms with Gasteiger partial charge in [-0.1, -0.05) is 0 Å². The number of amides is 1. The Balaban J connectivity index is 1.84. The molecule has 0 radical (unpaired) electrons. The minimum Gasteiger partial charge on any atom is -0.497 e. The van der Waals surface area contributed by atoms with Gasteiger partial charge in [0.1, 0.15) is 11.5 Å². The molecule has 0 bridgehead atoms. The van der Waals surface area contributed by atoms with Gasteiger partial charge in [0.25, 0.3) is 5.91 Å². The minimum absolute atomic E-state index is 0.155. The molecule has 23 heavy (non-hydrogen) atoms. The number of methoxy groups -OCH3 is 2. The van der Waals surface area contributed by atoms with Crippen molar-refractivity contribution in [3.05, 3.63) is 46.9 Å². The number of halogens is 1. The minimum atomic E-state index is -0.155. The fourth-order valence-electron chi connectivity index (χ4n) is 2.49. The molecule has 2 aromatic rings. The van der Waals surface area contributed by atoms with Gasteiger partial charge in [0.05, 0.1) is 20.8 Å². The maximum atomic E-state index is 12.7. The monoisotopic (exact) mass is 335 g/mol. The maximum Gasteiger partial charge on any atom is 0.290 e. The molecule has 1 aromatic heterocycles. The van der Waals surface area contributed by atoms with Crippen LogP contribution in [0, 0.1) is 0 Å². The lowest BCUT2D eigenvalue weighted by atomic mass is 10.1. The lowest BCUT2D eigenvalue weighted by molar-refractivity contribution is 0.0696. The lowest BCUT2D eigenvalue weighted by Crippen LogP contribution is -2.32. The number of nitrogens with zero attached hydrogens (tertiary/aromatic N) is 1. The third kappa shape index (κ3) is 3.45. The second-order valence-electron chi connectivity index (χ2n) is 5.45. The van der Waals surface area contributed by atoms with Crippen molar-refractivity contribution >= 4 is 17.5 Å². The maximum absolute atomic E-state index is 12.7. The van der Waals surface area contributed by atoms with Crippen molar-refractivity contribution in [2.75, 3.05) is 14.2 Å². The Bertz CT molecular complexity index is 708. The van der Waals surface area contributed by atoms with E-state index in [0.717, 1.165) is 18.4 Å². The predicted molar refractivity (Wildman–Crippen MR) is 86.2 cm³/mol. The summed E-state index contributed by atoms with van der Waals surface area (Å²) >= 11 is 5.77. The van der Waals surface area contributed by atoms with Crippen molar-refractivity contribution in [2.24, 2.45) is 0 Å². The molecule has 0 spiro atoms. The highest BCUT2D eigenvalue weighted by molar-refractivity contribution is 6.29.